The van der Waals surface area contributed by atoms with Crippen molar-refractivity contribution in [1.82, 2.24) is 14.3 Å². The Morgan fingerprint density at radius 1 is 1.04 bits per heavy atom. The van der Waals surface area contributed by atoms with Crippen LogP contribution in [0, 0.1) is 0 Å². The largest absolute Gasteiger partial charge is 0.345 e. The first kappa shape index (κ1) is 16.9. The van der Waals surface area contributed by atoms with E-state index >= 15 is 0 Å². The molecule has 4 rings (SSSR count). The second-order valence-corrected chi connectivity index (χ2v) is 9.48. The highest BCUT2D eigenvalue weighted by Crippen LogP contribution is 2.28. The first-order valence-corrected chi connectivity index (χ1v) is 10.8. The second-order valence-electron chi connectivity index (χ2n) is 5.67. The van der Waals surface area contributed by atoms with E-state index in [9.17, 15) is 8.42 Å². The van der Waals surface area contributed by atoms with Gasteiger partial charge in [0.2, 0.25) is 10.0 Å². The smallest absolute Gasteiger partial charge is 0.243 e. The summed E-state index contributed by atoms with van der Waals surface area (Å²) in [4.78, 5) is 12.3. The molecule has 1 saturated heterocycles. The van der Waals surface area contributed by atoms with Gasteiger partial charge in [0.15, 0.2) is 5.13 Å². The molecular formula is C16H15BrN4O2S2. The molecule has 3 heterocycles. The number of sulfonamides is 1. The van der Waals surface area contributed by atoms with E-state index in [4.69, 9.17) is 0 Å². The third-order valence-electron chi connectivity index (χ3n) is 4.12. The van der Waals surface area contributed by atoms with E-state index in [1.807, 2.05) is 12.1 Å². The Balaban J connectivity index is 1.50. The minimum absolute atomic E-state index is 0.327. The van der Waals surface area contributed by atoms with Gasteiger partial charge in [-0.15, -0.1) is 0 Å². The SMILES string of the molecule is O=S(=O)(c1ccc(Br)cc1)N1CCN(c2nc3cccnc3s2)CC1. The molecule has 0 N–H and O–H groups in total. The molecule has 0 atom stereocenters. The van der Waals surface area contributed by atoms with Crippen LogP contribution in [0.15, 0.2) is 52.0 Å². The highest BCUT2D eigenvalue weighted by Gasteiger charge is 2.29. The number of benzene rings is 1. The van der Waals surface area contributed by atoms with Crippen LogP contribution in [-0.2, 0) is 10.0 Å². The van der Waals surface area contributed by atoms with Crippen LogP contribution in [0.3, 0.4) is 0 Å². The van der Waals surface area contributed by atoms with Gasteiger partial charge in [0.05, 0.1) is 4.90 Å². The summed E-state index contributed by atoms with van der Waals surface area (Å²) in [6, 6.07) is 10.6. The van der Waals surface area contributed by atoms with Gasteiger partial charge >= 0.3 is 0 Å². The molecule has 3 aromatic rings. The molecule has 1 aliphatic heterocycles. The van der Waals surface area contributed by atoms with Crippen molar-refractivity contribution in [2.75, 3.05) is 31.1 Å². The molecule has 2 aromatic heterocycles. The Morgan fingerprint density at radius 2 is 1.76 bits per heavy atom. The van der Waals surface area contributed by atoms with Gasteiger partial charge in [-0.3, -0.25) is 0 Å². The van der Waals surface area contributed by atoms with Gasteiger partial charge < -0.3 is 4.90 Å². The molecule has 1 fully saturated rings. The van der Waals surface area contributed by atoms with E-state index < -0.39 is 10.0 Å². The number of nitrogens with zero attached hydrogens (tertiary/aromatic N) is 4. The summed E-state index contributed by atoms with van der Waals surface area (Å²) in [6.07, 6.45) is 1.76. The zero-order valence-corrected chi connectivity index (χ0v) is 16.4. The minimum atomic E-state index is -3.45. The number of fused-ring (bicyclic) bond motifs is 1. The number of hydrogen-bond donors (Lipinski definition) is 0. The lowest BCUT2D eigenvalue weighted by atomic mass is 10.4. The maximum absolute atomic E-state index is 12.8. The lowest BCUT2D eigenvalue weighted by Crippen LogP contribution is -2.48. The standard InChI is InChI=1S/C16H15BrN4O2S2/c17-12-3-5-13(6-4-12)25(22,23)21-10-8-20(9-11-21)16-19-14-2-1-7-18-15(14)24-16/h1-7H,8-11H2. The predicted molar refractivity (Wildman–Crippen MR) is 103 cm³/mol. The Labute approximate surface area is 158 Å². The summed E-state index contributed by atoms with van der Waals surface area (Å²) in [7, 11) is -3.45. The Morgan fingerprint density at radius 3 is 2.44 bits per heavy atom. The third kappa shape index (κ3) is 3.29. The summed E-state index contributed by atoms with van der Waals surface area (Å²) in [5.41, 5.74) is 0.882. The summed E-state index contributed by atoms with van der Waals surface area (Å²) in [5, 5.41) is 0.898. The molecule has 0 spiro atoms. The normalized spacial score (nSPS) is 16.4. The molecule has 130 valence electrons. The summed E-state index contributed by atoms with van der Waals surface area (Å²) >= 11 is 4.87. The van der Waals surface area contributed by atoms with Gasteiger partial charge in [0.1, 0.15) is 10.3 Å². The number of pyridine rings is 1. The van der Waals surface area contributed by atoms with Crippen LogP contribution in [0.25, 0.3) is 10.3 Å². The van der Waals surface area contributed by atoms with E-state index in [1.54, 1.807) is 41.8 Å². The zero-order chi connectivity index (χ0) is 17.4. The first-order chi connectivity index (χ1) is 12.0. The molecular weight excluding hydrogens is 424 g/mol. The van der Waals surface area contributed by atoms with E-state index in [0.717, 1.165) is 20.0 Å². The maximum Gasteiger partial charge on any atom is 0.243 e. The molecule has 9 heteroatoms. The molecule has 0 unspecified atom stereocenters. The lowest BCUT2D eigenvalue weighted by Gasteiger charge is -2.33. The van der Waals surface area contributed by atoms with Crippen molar-refractivity contribution < 1.29 is 8.42 Å². The molecule has 0 amide bonds. The van der Waals surface area contributed by atoms with Crippen molar-refractivity contribution in [3.8, 4) is 0 Å². The maximum atomic E-state index is 12.8. The van der Waals surface area contributed by atoms with Gasteiger partial charge in [0.25, 0.3) is 0 Å². The average molecular weight is 439 g/mol. The summed E-state index contributed by atoms with van der Waals surface area (Å²) in [6.45, 7) is 2.13. The highest BCUT2D eigenvalue weighted by molar-refractivity contribution is 9.10. The molecule has 1 aliphatic rings. The zero-order valence-electron chi connectivity index (χ0n) is 13.2. The van der Waals surface area contributed by atoms with Crippen molar-refractivity contribution in [2.24, 2.45) is 0 Å². The van der Waals surface area contributed by atoms with E-state index in [1.165, 1.54) is 4.31 Å². The van der Waals surface area contributed by atoms with E-state index in [2.05, 4.69) is 30.8 Å². The number of aromatic nitrogens is 2. The van der Waals surface area contributed by atoms with E-state index in [-0.39, 0.29) is 0 Å². The molecule has 0 bridgehead atoms. The van der Waals surface area contributed by atoms with Crippen LogP contribution in [0.2, 0.25) is 0 Å². The van der Waals surface area contributed by atoms with Crippen LogP contribution in [0.5, 0.6) is 0 Å². The Bertz CT molecular complexity index is 963. The van der Waals surface area contributed by atoms with Crippen molar-refractivity contribution in [3.63, 3.8) is 0 Å². The van der Waals surface area contributed by atoms with Crippen molar-refractivity contribution in [1.29, 1.82) is 0 Å². The molecule has 25 heavy (non-hydrogen) atoms. The predicted octanol–water partition coefficient (Wildman–Crippen LogP) is 2.96. The molecule has 0 radical (unpaired) electrons. The Kier molecular flexibility index (Phi) is 4.48. The molecule has 6 nitrogen and oxygen atoms in total. The summed E-state index contributed by atoms with van der Waals surface area (Å²) in [5.74, 6) is 0. The second kappa shape index (κ2) is 6.64. The van der Waals surface area contributed by atoms with Crippen LogP contribution in [0.4, 0.5) is 5.13 Å². The monoisotopic (exact) mass is 438 g/mol. The lowest BCUT2D eigenvalue weighted by molar-refractivity contribution is 0.385. The summed E-state index contributed by atoms with van der Waals surface area (Å²) < 4.78 is 27.9. The van der Waals surface area contributed by atoms with Gasteiger partial charge in [0, 0.05) is 36.8 Å². The number of halogens is 1. The van der Waals surface area contributed by atoms with Crippen LogP contribution in [0.1, 0.15) is 0 Å². The Hall–Kier alpha value is -1.55. The fourth-order valence-electron chi connectivity index (χ4n) is 2.77. The van der Waals surface area contributed by atoms with Crippen LogP contribution in [-0.4, -0.2) is 48.9 Å². The molecule has 0 saturated carbocycles. The average Bonchev–Trinajstić information content (AvgIpc) is 3.06. The van der Waals surface area contributed by atoms with Gasteiger partial charge in [-0.05, 0) is 36.4 Å². The minimum Gasteiger partial charge on any atom is -0.345 e. The highest BCUT2D eigenvalue weighted by atomic mass is 79.9. The number of anilines is 1. The van der Waals surface area contributed by atoms with Gasteiger partial charge in [-0.25, -0.2) is 18.4 Å². The van der Waals surface area contributed by atoms with Crippen LogP contribution >= 0.6 is 27.3 Å². The fourth-order valence-corrected chi connectivity index (χ4v) is 5.42. The number of piperazine rings is 1. The van der Waals surface area contributed by atoms with Crippen molar-refractivity contribution >= 4 is 52.8 Å². The van der Waals surface area contributed by atoms with Crippen LogP contribution < -0.4 is 4.90 Å². The fraction of sp³-hybridized carbons (Fsp3) is 0.250. The molecule has 1 aromatic carbocycles. The van der Waals surface area contributed by atoms with E-state index in [0.29, 0.717) is 31.1 Å². The van der Waals surface area contributed by atoms with Gasteiger partial charge in [-0.1, -0.05) is 27.3 Å². The quantitative estimate of drug-likeness (QED) is 0.628. The van der Waals surface area contributed by atoms with Gasteiger partial charge in [-0.2, -0.15) is 4.31 Å². The van der Waals surface area contributed by atoms with Crippen molar-refractivity contribution in [3.05, 3.63) is 47.1 Å². The van der Waals surface area contributed by atoms with Crippen molar-refractivity contribution in [2.45, 2.75) is 4.90 Å². The number of thiazole rings is 1. The third-order valence-corrected chi connectivity index (χ3v) is 7.60. The number of rotatable bonds is 3. The first-order valence-electron chi connectivity index (χ1n) is 7.76. The number of hydrogen-bond acceptors (Lipinski definition) is 6. The molecule has 0 aliphatic carbocycles. The topological polar surface area (TPSA) is 66.4 Å².